The zero-order valence-corrected chi connectivity index (χ0v) is 7.08. The first-order valence-corrected chi connectivity index (χ1v) is 4.46. The molecular formula is C8H11N3O2. The number of rotatable bonds is 2. The van der Waals surface area contributed by atoms with Gasteiger partial charge in [0.05, 0.1) is 11.7 Å². The lowest BCUT2D eigenvalue weighted by molar-refractivity contribution is -0.142. The first-order chi connectivity index (χ1) is 6.20. The predicted octanol–water partition coefficient (Wildman–Crippen LogP) is -0.210. The summed E-state index contributed by atoms with van der Waals surface area (Å²) in [7, 11) is 0. The highest BCUT2D eigenvalue weighted by Crippen LogP contribution is 2.60. The summed E-state index contributed by atoms with van der Waals surface area (Å²) in [6.45, 7) is 0. The number of nitrogens with one attached hydrogen (secondary N) is 2. The van der Waals surface area contributed by atoms with E-state index < -0.39 is 5.97 Å². The van der Waals surface area contributed by atoms with Crippen LogP contribution < -0.4 is 11.0 Å². The number of hydrogen-bond acceptors (Lipinski definition) is 4. The molecule has 1 heterocycles. The van der Waals surface area contributed by atoms with Gasteiger partial charge >= 0.3 is 5.97 Å². The molecule has 13 heavy (non-hydrogen) atoms. The van der Waals surface area contributed by atoms with E-state index in [9.17, 15) is 4.79 Å². The molecule has 3 saturated carbocycles. The number of hydrogen-bond donors (Lipinski definition) is 3. The van der Waals surface area contributed by atoms with Gasteiger partial charge in [-0.1, -0.05) is 0 Å². The Morgan fingerprint density at radius 3 is 2.69 bits per heavy atom. The van der Waals surface area contributed by atoms with Gasteiger partial charge in [0.15, 0.2) is 5.70 Å². The van der Waals surface area contributed by atoms with Crippen LogP contribution in [0, 0.1) is 5.92 Å². The third kappa shape index (κ3) is 0.771. The van der Waals surface area contributed by atoms with Crippen LogP contribution in [-0.2, 0) is 4.79 Å². The van der Waals surface area contributed by atoms with Crippen molar-refractivity contribution in [3.05, 3.63) is 11.9 Å². The second-order valence-corrected chi connectivity index (χ2v) is 4.16. The molecule has 2 bridgehead atoms. The highest BCUT2D eigenvalue weighted by atomic mass is 16.4. The maximum Gasteiger partial charge on any atom is 0.354 e. The van der Waals surface area contributed by atoms with Crippen LogP contribution in [-0.4, -0.2) is 21.6 Å². The first kappa shape index (κ1) is 7.20. The van der Waals surface area contributed by atoms with E-state index >= 15 is 0 Å². The maximum absolute atomic E-state index is 10.6. The third-order valence-corrected chi connectivity index (χ3v) is 3.32. The van der Waals surface area contributed by atoms with E-state index in [-0.39, 0.29) is 11.2 Å². The normalized spacial score (nSPS) is 40.2. The minimum atomic E-state index is -0.915. The van der Waals surface area contributed by atoms with Gasteiger partial charge in [-0.3, -0.25) is 10.4 Å². The van der Waals surface area contributed by atoms with Crippen LogP contribution in [0.1, 0.15) is 19.3 Å². The van der Waals surface area contributed by atoms with Crippen molar-refractivity contribution < 1.29 is 9.90 Å². The zero-order chi connectivity index (χ0) is 9.05. The van der Waals surface area contributed by atoms with E-state index in [0.717, 1.165) is 5.92 Å². The molecule has 1 aliphatic heterocycles. The molecule has 0 atom stereocenters. The first-order valence-electron chi connectivity index (χ1n) is 4.46. The Balaban J connectivity index is 1.77. The van der Waals surface area contributed by atoms with Gasteiger partial charge in [-0.05, 0) is 25.2 Å². The minimum Gasteiger partial charge on any atom is -0.476 e. The Morgan fingerprint density at radius 2 is 2.31 bits per heavy atom. The van der Waals surface area contributed by atoms with Crippen LogP contribution in [0.15, 0.2) is 11.9 Å². The summed E-state index contributed by atoms with van der Waals surface area (Å²) < 4.78 is 0. The van der Waals surface area contributed by atoms with Gasteiger partial charge in [0.2, 0.25) is 0 Å². The van der Waals surface area contributed by atoms with Crippen LogP contribution in [0.2, 0.25) is 0 Å². The van der Waals surface area contributed by atoms with Crippen LogP contribution in [0.3, 0.4) is 0 Å². The fourth-order valence-corrected chi connectivity index (χ4v) is 2.41. The van der Waals surface area contributed by atoms with Crippen molar-refractivity contribution >= 4 is 5.97 Å². The van der Waals surface area contributed by atoms with E-state index in [1.54, 1.807) is 6.20 Å². The Morgan fingerprint density at radius 1 is 1.62 bits per heavy atom. The summed E-state index contributed by atoms with van der Waals surface area (Å²) >= 11 is 0. The highest BCUT2D eigenvalue weighted by molar-refractivity contribution is 5.85. The zero-order valence-electron chi connectivity index (χ0n) is 7.08. The topological polar surface area (TPSA) is 64.6 Å². The van der Waals surface area contributed by atoms with Crippen LogP contribution in [0.4, 0.5) is 0 Å². The van der Waals surface area contributed by atoms with Crippen molar-refractivity contribution in [3.8, 4) is 0 Å². The smallest absolute Gasteiger partial charge is 0.354 e. The van der Waals surface area contributed by atoms with Crippen molar-refractivity contribution in [2.45, 2.75) is 24.8 Å². The molecule has 0 aromatic rings. The molecule has 4 rings (SSSR count). The fourth-order valence-electron chi connectivity index (χ4n) is 2.41. The molecule has 70 valence electrons. The van der Waals surface area contributed by atoms with E-state index in [2.05, 4.69) is 11.0 Å². The number of hydrazine groups is 2. The highest BCUT2D eigenvalue weighted by Gasteiger charge is 2.60. The molecule has 0 aromatic carbocycles. The Bertz CT molecular complexity index is 295. The van der Waals surface area contributed by atoms with Gasteiger partial charge in [0, 0.05) is 0 Å². The molecule has 0 aromatic heterocycles. The lowest BCUT2D eigenvalue weighted by Crippen LogP contribution is -2.69. The van der Waals surface area contributed by atoms with Crippen molar-refractivity contribution in [3.63, 3.8) is 0 Å². The largest absolute Gasteiger partial charge is 0.476 e. The predicted molar refractivity (Wildman–Crippen MR) is 43.9 cm³/mol. The van der Waals surface area contributed by atoms with Gasteiger partial charge in [-0.25, -0.2) is 4.79 Å². The van der Waals surface area contributed by atoms with E-state index in [4.69, 9.17) is 5.11 Å². The number of aliphatic carboxylic acids is 1. The summed E-state index contributed by atoms with van der Waals surface area (Å²) in [5.41, 5.74) is 5.98. The van der Waals surface area contributed by atoms with Crippen LogP contribution in [0.25, 0.3) is 0 Å². The van der Waals surface area contributed by atoms with E-state index in [0.29, 0.717) is 0 Å². The molecule has 5 heteroatoms. The number of carboxylic acid groups (broad SMARTS) is 1. The molecule has 3 aliphatic carbocycles. The van der Waals surface area contributed by atoms with Gasteiger partial charge in [0.25, 0.3) is 0 Å². The minimum absolute atomic E-state index is 0.227. The molecule has 5 nitrogen and oxygen atoms in total. The number of carboxylic acids is 1. The average molecular weight is 181 g/mol. The molecule has 3 N–H and O–H groups in total. The quantitative estimate of drug-likeness (QED) is 0.550. The Kier molecular flexibility index (Phi) is 1.10. The second-order valence-electron chi connectivity index (χ2n) is 4.16. The van der Waals surface area contributed by atoms with Crippen molar-refractivity contribution in [2.24, 2.45) is 5.92 Å². The summed E-state index contributed by atoms with van der Waals surface area (Å²) in [4.78, 5) is 10.6. The summed E-state index contributed by atoms with van der Waals surface area (Å²) in [6, 6.07) is 0. The van der Waals surface area contributed by atoms with Gasteiger partial charge < -0.3 is 5.11 Å². The molecule has 3 fully saturated rings. The summed E-state index contributed by atoms with van der Waals surface area (Å²) in [5, 5.41) is 10.6. The standard InChI is InChI=1S/C8H11N3O2/c12-7(13)6-4-11(10-9-6)8-1-5(2-8)3-8/h4-5,9-10H,1-3H2,(H,12,13). The van der Waals surface area contributed by atoms with E-state index in [1.165, 1.54) is 19.3 Å². The maximum atomic E-state index is 10.6. The van der Waals surface area contributed by atoms with Crippen LogP contribution in [0.5, 0.6) is 0 Å². The average Bonchev–Trinajstić information content (AvgIpc) is 2.28. The van der Waals surface area contributed by atoms with Crippen molar-refractivity contribution in [1.29, 1.82) is 0 Å². The van der Waals surface area contributed by atoms with Gasteiger partial charge in [-0.2, -0.15) is 0 Å². The molecule has 0 unspecified atom stereocenters. The second kappa shape index (κ2) is 1.98. The summed E-state index contributed by atoms with van der Waals surface area (Å²) in [6.07, 6.45) is 5.25. The Labute approximate surface area is 75.3 Å². The monoisotopic (exact) mass is 181 g/mol. The van der Waals surface area contributed by atoms with Crippen molar-refractivity contribution in [1.82, 2.24) is 16.0 Å². The lowest BCUT2D eigenvalue weighted by atomic mass is 9.49. The Hall–Kier alpha value is -1.23. The summed E-state index contributed by atoms with van der Waals surface area (Å²) in [5.74, 6) is -0.0225. The lowest BCUT2D eigenvalue weighted by Gasteiger charge is -2.64. The number of nitrogens with zero attached hydrogens (tertiary/aromatic N) is 1. The van der Waals surface area contributed by atoms with Gasteiger partial charge in [0.1, 0.15) is 0 Å². The molecule has 0 amide bonds. The molecule has 0 radical (unpaired) electrons. The number of carbonyl (C=O) groups is 1. The molecule has 4 aliphatic rings. The SMILES string of the molecule is O=C(O)C1=CN(C23CC(C2)C3)NN1. The molecule has 0 spiro atoms. The van der Waals surface area contributed by atoms with Crippen molar-refractivity contribution in [2.75, 3.05) is 0 Å². The van der Waals surface area contributed by atoms with Gasteiger partial charge in [-0.15, -0.1) is 5.53 Å². The third-order valence-electron chi connectivity index (χ3n) is 3.32. The van der Waals surface area contributed by atoms with Crippen LogP contribution >= 0.6 is 0 Å². The van der Waals surface area contributed by atoms with E-state index in [1.807, 2.05) is 5.01 Å². The molecular weight excluding hydrogens is 170 g/mol. The fraction of sp³-hybridized carbons (Fsp3) is 0.625. The molecule has 0 saturated heterocycles.